The van der Waals surface area contributed by atoms with Gasteiger partial charge in [-0.25, -0.2) is 9.78 Å². The average Bonchev–Trinajstić information content (AvgIpc) is 2.90. The summed E-state index contributed by atoms with van der Waals surface area (Å²) in [5.41, 5.74) is -0.927. The van der Waals surface area contributed by atoms with Gasteiger partial charge in [-0.05, 0) is 27.7 Å². The van der Waals surface area contributed by atoms with Gasteiger partial charge in [-0.15, -0.1) is 0 Å². The molecule has 0 bridgehead atoms. The van der Waals surface area contributed by atoms with Gasteiger partial charge in [-0.2, -0.15) is 0 Å². The second-order valence-corrected chi connectivity index (χ2v) is 7.50. The molecule has 1 N–H and O–H groups in total. The lowest BCUT2D eigenvalue weighted by atomic mass is 10.1. The van der Waals surface area contributed by atoms with Crippen LogP contribution in [0.3, 0.4) is 0 Å². The summed E-state index contributed by atoms with van der Waals surface area (Å²) in [5.74, 6) is -1.60. The van der Waals surface area contributed by atoms with E-state index in [0.29, 0.717) is 0 Å². The third kappa shape index (κ3) is 4.76. The van der Waals surface area contributed by atoms with Gasteiger partial charge in [0.05, 0.1) is 6.54 Å². The van der Waals surface area contributed by atoms with Gasteiger partial charge in [-0.3, -0.25) is 14.4 Å². The predicted molar refractivity (Wildman–Crippen MR) is 99.8 cm³/mol. The summed E-state index contributed by atoms with van der Waals surface area (Å²) in [6.45, 7) is 6.22. The third-order valence-electron chi connectivity index (χ3n) is 3.80. The van der Waals surface area contributed by atoms with E-state index in [2.05, 4.69) is 10.3 Å². The highest BCUT2D eigenvalue weighted by molar-refractivity contribution is 6.03. The number of likely N-dealkylation sites (N-methyl/N-ethyl adjacent to an activating group) is 1. The quantitative estimate of drug-likeness (QED) is 0.729. The number of carbonyl (C=O) groups is 3. The smallest absolute Gasteiger partial charge is 0.343 e. The van der Waals surface area contributed by atoms with Crippen LogP contribution in [0.5, 0.6) is 0 Å². The van der Waals surface area contributed by atoms with Crippen LogP contribution in [0.4, 0.5) is 0 Å². The minimum atomic E-state index is -0.873. The molecule has 2 heterocycles. The van der Waals surface area contributed by atoms with Crippen molar-refractivity contribution in [2.24, 2.45) is 7.05 Å². The number of fused-ring (bicyclic) bond motifs is 1. The molecule has 0 radical (unpaired) electrons. The topological polar surface area (TPSA) is 124 Å². The van der Waals surface area contributed by atoms with E-state index in [1.165, 1.54) is 31.9 Å². The molecule has 10 nitrogen and oxygen atoms in total. The molecule has 0 unspecified atom stereocenters. The van der Waals surface area contributed by atoms with Crippen LogP contribution in [0.25, 0.3) is 11.1 Å². The predicted octanol–water partition coefficient (Wildman–Crippen LogP) is 0.365. The van der Waals surface area contributed by atoms with Crippen LogP contribution in [0.2, 0.25) is 0 Å². The monoisotopic (exact) mass is 392 g/mol. The standard InChI is InChI=1S/C18H24N4O6/c1-10-13(14-15(28-10)19-9-22(6)16(14)25)17(26)27-8-12(24)21(5)7-11(23)20-18(2,3)4/h9H,7-8H2,1-6H3,(H,20,23). The zero-order valence-electron chi connectivity index (χ0n) is 16.8. The van der Waals surface area contributed by atoms with Gasteiger partial charge in [0.2, 0.25) is 11.6 Å². The SMILES string of the molecule is Cc1oc2ncn(C)c(=O)c2c1C(=O)OCC(=O)N(C)CC(=O)NC(C)(C)C. The Bertz CT molecular complexity index is 982. The zero-order valence-corrected chi connectivity index (χ0v) is 16.8. The summed E-state index contributed by atoms with van der Waals surface area (Å²) in [7, 11) is 2.92. The highest BCUT2D eigenvalue weighted by Crippen LogP contribution is 2.21. The van der Waals surface area contributed by atoms with Crippen molar-refractivity contribution in [1.82, 2.24) is 19.8 Å². The molecule has 0 atom stereocenters. The lowest BCUT2D eigenvalue weighted by Crippen LogP contribution is -2.46. The molecule has 0 saturated heterocycles. The van der Waals surface area contributed by atoms with Crippen LogP contribution in [0, 0.1) is 6.92 Å². The van der Waals surface area contributed by atoms with Crippen LogP contribution in [-0.2, 0) is 21.4 Å². The van der Waals surface area contributed by atoms with E-state index in [1.54, 1.807) is 0 Å². The molecule has 2 rings (SSSR count). The molecule has 2 aromatic rings. The molecule has 0 spiro atoms. The van der Waals surface area contributed by atoms with E-state index in [0.717, 1.165) is 4.90 Å². The number of rotatable bonds is 5. The number of ether oxygens (including phenoxy) is 1. The molecule has 152 valence electrons. The molecular weight excluding hydrogens is 368 g/mol. The van der Waals surface area contributed by atoms with Gasteiger partial charge in [0.15, 0.2) is 6.61 Å². The van der Waals surface area contributed by atoms with Crippen LogP contribution in [0.15, 0.2) is 15.5 Å². The number of furan rings is 1. The Balaban J connectivity index is 2.06. The first kappa shape index (κ1) is 21.1. The molecule has 0 aliphatic heterocycles. The number of hydrogen-bond donors (Lipinski definition) is 1. The number of nitrogens with one attached hydrogen (secondary N) is 1. The number of nitrogens with zero attached hydrogens (tertiary/aromatic N) is 3. The highest BCUT2D eigenvalue weighted by atomic mass is 16.5. The van der Waals surface area contributed by atoms with Crippen molar-refractivity contribution >= 4 is 28.9 Å². The van der Waals surface area contributed by atoms with Crippen LogP contribution >= 0.6 is 0 Å². The normalized spacial score (nSPS) is 11.4. The van der Waals surface area contributed by atoms with Crippen molar-refractivity contribution in [3.05, 3.63) is 28.0 Å². The van der Waals surface area contributed by atoms with E-state index in [9.17, 15) is 19.2 Å². The summed E-state index contributed by atoms with van der Waals surface area (Å²) in [6, 6.07) is 0. The zero-order chi connectivity index (χ0) is 21.2. The fourth-order valence-electron chi connectivity index (χ4n) is 2.50. The average molecular weight is 392 g/mol. The molecule has 0 aliphatic rings. The Morgan fingerprint density at radius 3 is 2.57 bits per heavy atom. The molecule has 0 aromatic carbocycles. The first-order valence-corrected chi connectivity index (χ1v) is 8.57. The largest absolute Gasteiger partial charge is 0.452 e. The van der Waals surface area contributed by atoms with Gasteiger partial charge in [0, 0.05) is 19.6 Å². The summed E-state index contributed by atoms with van der Waals surface area (Å²) in [4.78, 5) is 53.9. The van der Waals surface area contributed by atoms with Crippen molar-refractivity contribution < 1.29 is 23.5 Å². The van der Waals surface area contributed by atoms with Crippen LogP contribution < -0.4 is 10.9 Å². The molecule has 28 heavy (non-hydrogen) atoms. The van der Waals surface area contributed by atoms with E-state index in [-0.39, 0.29) is 34.9 Å². The summed E-state index contributed by atoms with van der Waals surface area (Å²) in [5, 5.41) is 2.73. The van der Waals surface area contributed by atoms with E-state index in [4.69, 9.17) is 9.15 Å². The molecule has 0 aliphatic carbocycles. The number of aryl methyl sites for hydroxylation is 2. The summed E-state index contributed by atoms with van der Waals surface area (Å²) < 4.78 is 11.6. The van der Waals surface area contributed by atoms with Gasteiger partial charge in [0.25, 0.3) is 11.5 Å². The molecule has 0 fully saturated rings. The van der Waals surface area contributed by atoms with E-state index < -0.39 is 29.6 Å². The lowest BCUT2D eigenvalue weighted by Gasteiger charge is -2.23. The highest BCUT2D eigenvalue weighted by Gasteiger charge is 2.25. The van der Waals surface area contributed by atoms with Crippen molar-refractivity contribution in [3.8, 4) is 0 Å². The molecule has 0 saturated carbocycles. The maximum Gasteiger partial charge on any atom is 0.343 e. The second-order valence-electron chi connectivity index (χ2n) is 7.50. The second kappa shape index (κ2) is 7.83. The Kier molecular flexibility index (Phi) is 5.91. The van der Waals surface area contributed by atoms with Crippen molar-refractivity contribution in [2.75, 3.05) is 20.2 Å². The number of hydrogen-bond acceptors (Lipinski definition) is 7. The third-order valence-corrected chi connectivity index (χ3v) is 3.80. The van der Waals surface area contributed by atoms with Gasteiger partial charge in [-0.1, -0.05) is 0 Å². The molecule has 2 aromatic heterocycles. The summed E-state index contributed by atoms with van der Waals surface area (Å²) in [6.07, 6.45) is 1.28. The lowest BCUT2D eigenvalue weighted by molar-refractivity contribution is -0.137. The number of aromatic nitrogens is 2. The Labute approximate surface area is 161 Å². The van der Waals surface area contributed by atoms with E-state index in [1.807, 2.05) is 20.8 Å². The minimum Gasteiger partial charge on any atom is -0.452 e. The Morgan fingerprint density at radius 2 is 1.96 bits per heavy atom. The first-order chi connectivity index (χ1) is 12.9. The maximum absolute atomic E-state index is 12.4. The van der Waals surface area contributed by atoms with E-state index >= 15 is 0 Å². The Morgan fingerprint density at radius 1 is 1.32 bits per heavy atom. The van der Waals surface area contributed by atoms with Crippen molar-refractivity contribution in [3.63, 3.8) is 0 Å². The first-order valence-electron chi connectivity index (χ1n) is 8.57. The number of amides is 2. The minimum absolute atomic E-state index is 0.00198. The fourth-order valence-corrected chi connectivity index (χ4v) is 2.50. The number of esters is 1. The summed E-state index contributed by atoms with van der Waals surface area (Å²) >= 11 is 0. The molecule has 10 heteroatoms. The van der Waals surface area contributed by atoms with Crippen molar-refractivity contribution in [2.45, 2.75) is 33.2 Å². The number of carbonyl (C=O) groups excluding carboxylic acids is 3. The van der Waals surface area contributed by atoms with Gasteiger partial charge in [0.1, 0.15) is 23.0 Å². The molecule has 2 amide bonds. The molecular formula is C18H24N4O6. The maximum atomic E-state index is 12.4. The van der Waals surface area contributed by atoms with Crippen molar-refractivity contribution in [1.29, 1.82) is 0 Å². The van der Waals surface area contributed by atoms with Crippen LogP contribution in [-0.4, -0.2) is 58.0 Å². The van der Waals surface area contributed by atoms with Gasteiger partial charge >= 0.3 is 5.97 Å². The van der Waals surface area contributed by atoms with Gasteiger partial charge < -0.3 is 23.9 Å². The fraction of sp³-hybridized carbons (Fsp3) is 0.500. The Hall–Kier alpha value is -3.17. The van der Waals surface area contributed by atoms with Crippen LogP contribution in [0.1, 0.15) is 36.9 Å².